The van der Waals surface area contributed by atoms with Crippen LogP contribution in [0.1, 0.15) is 18.9 Å². The summed E-state index contributed by atoms with van der Waals surface area (Å²) in [5.74, 6) is 6.11. The van der Waals surface area contributed by atoms with Crippen LogP contribution in [0.4, 0.5) is 0 Å². The van der Waals surface area contributed by atoms with Gasteiger partial charge in [0.15, 0.2) is 5.76 Å². The maximum Gasteiger partial charge on any atom is 0.317 e. The number of ether oxygens (including phenoxy) is 1. The minimum atomic E-state index is -0.298. The molecule has 0 unspecified atom stereocenters. The number of esters is 1. The number of carbonyl (C=O) groups is 1. The Kier molecular flexibility index (Phi) is 4.35. The van der Waals surface area contributed by atoms with Gasteiger partial charge < -0.3 is 9.26 Å². The van der Waals surface area contributed by atoms with Crippen molar-refractivity contribution in [2.24, 2.45) is 0 Å². The van der Waals surface area contributed by atoms with Crippen molar-refractivity contribution < 1.29 is 14.1 Å². The van der Waals surface area contributed by atoms with Crippen molar-refractivity contribution in [3.05, 3.63) is 42.1 Å². The molecular weight excluding hydrogens is 242 g/mol. The minimum Gasteiger partial charge on any atom is -0.465 e. The van der Waals surface area contributed by atoms with E-state index in [0.29, 0.717) is 12.4 Å². The Hall–Kier alpha value is -2.54. The first-order valence-corrected chi connectivity index (χ1v) is 5.95. The van der Waals surface area contributed by atoms with Crippen LogP contribution >= 0.6 is 0 Å². The summed E-state index contributed by atoms with van der Waals surface area (Å²) in [7, 11) is 0. The summed E-state index contributed by atoms with van der Waals surface area (Å²) in [6, 6.07) is 9.33. The highest BCUT2D eigenvalue weighted by Crippen LogP contribution is 2.18. The van der Waals surface area contributed by atoms with Crippen LogP contribution in [-0.4, -0.2) is 17.7 Å². The molecule has 0 amide bonds. The van der Waals surface area contributed by atoms with E-state index in [2.05, 4.69) is 17.0 Å². The summed E-state index contributed by atoms with van der Waals surface area (Å²) >= 11 is 0. The molecule has 0 spiro atoms. The number of carbonyl (C=O) groups excluding carboxylic acids is 1. The molecule has 0 bridgehead atoms. The third-order valence-corrected chi connectivity index (χ3v) is 2.38. The van der Waals surface area contributed by atoms with Crippen LogP contribution in [0.3, 0.4) is 0 Å². The highest BCUT2D eigenvalue weighted by atomic mass is 16.5. The molecule has 0 aliphatic carbocycles. The average Bonchev–Trinajstić information content (AvgIpc) is 2.94. The van der Waals surface area contributed by atoms with Crippen LogP contribution in [0.25, 0.3) is 11.3 Å². The molecule has 0 saturated carbocycles. The van der Waals surface area contributed by atoms with Gasteiger partial charge in [0, 0.05) is 17.2 Å². The molecule has 96 valence electrons. The van der Waals surface area contributed by atoms with Gasteiger partial charge in [0.25, 0.3) is 0 Å². The maximum atomic E-state index is 11.1. The predicted octanol–water partition coefficient (Wildman–Crippen LogP) is 2.65. The first kappa shape index (κ1) is 12.9. The van der Waals surface area contributed by atoms with E-state index >= 15 is 0 Å². The van der Waals surface area contributed by atoms with Crippen molar-refractivity contribution in [2.75, 3.05) is 6.61 Å². The average molecular weight is 255 g/mol. The summed E-state index contributed by atoms with van der Waals surface area (Å²) < 4.78 is 9.84. The van der Waals surface area contributed by atoms with Gasteiger partial charge in [-0.1, -0.05) is 17.0 Å². The molecule has 0 atom stereocenters. The molecule has 0 saturated heterocycles. The lowest BCUT2D eigenvalue weighted by molar-refractivity contribution is -0.141. The van der Waals surface area contributed by atoms with E-state index in [4.69, 9.17) is 9.26 Å². The van der Waals surface area contributed by atoms with Crippen molar-refractivity contribution in [1.82, 2.24) is 5.16 Å². The van der Waals surface area contributed by atoms with Crippen LogP contribution in [-0.2, 0) is 9.53 Å². The van der Waals surface area contributed by atoms with Crippen LogP contribution in [0, 0.1) is 11.8 Å². The maximum absolute atomic E-state index is 11.1. The molecule has 19 heavy (non-hydrogen) atoms. The van der Waals surface area contributed by atoms with Gasteiger partial charge in [-0.05, 0) is 31.2 Å². The second-order valence-electron chi connectivity index (χ2n) is 3.74. The van der Waals surface area contributed by atoms with Crippen molar-refractivity contribution in [3.8, 4) is 23.2 Å². The van der Waals surface area contributed by atoms with Gasteiger partial charge in [-0.25, -0.2) is 0 Å². The zero-order chi connectivity index (χ0) is 13.5. The monoisotopic (exact) mass is 255 g/mol. The SMILES string of the molecule is CCOC(=O)CC#Cc1ccc(-c2ccno2)cc1. The van der Waals surface area contributed by atoms with Gasteiger partial charge in [0.1, 0.15) is 6.42 Å². The van der Waals surface area contributed by atoms with Crippen molar-refractivity contribution >= 4 is 5.97 Å². The molecule has 0 N–H and O–H groups in total. The smallest absolute Gasteiger partial charge is 0.317 e. The number of nitrogens with zero attached hydrogens (tertiary/aromatic N) is 1. The lowest BCUT2D eigenvalue weighted by atomic mass is 10.1. The number of rotatable bonds is 3. The Labute approximate surface area is 111 Å². The molecule has 1 heterocycles. The third-order valence-electron chi connectivity index (χ3n) is 2.38. The molecule has 1 aromatic heterocycles. The number of hydrogen-bond acceptors (Lipinski definition) is 4. The van der Waals surface area contributed by atoms with E-state index in [9.17, 15) is 4.79 Å². The second kappa shape index (κ2) is 6.41. The highest BCUT2D eigenvalue weighted by Gasteiger charge is 2.00. The van der Waals surface area contributed by atoms with E-state index in [1.54, 1.807) is 19.2 Å². The fourth-order valence-electron chi connectivity index (χ4n) is 1.51. The number of benzene rings is 1. The van der Waals surface area contributed by atoms with Gasteiger partial charge >= 0.3 is 5.97 Å². The zero-order valence-electron chi connectivity index (χ0n) is 10.6. The van der Waals surface area contributed by atoms with E-state index in [0.717, 1.165) is 11.1 Å². The zero-order valence-corrected chi connectivity index (χ0v) is 10.6. The van der Waals surface area contributed by atoms with Crippen LogP contribution < -0.4 is 0 Å². The molecule has 2 rings (SSSR count). The van der Waals surface area contributed by atoms with Gasteiger partial charge in [0.2, 0.25) is 0 Å². The molecule has 4 heteroatoms. The van der Waals surface area contributed by atoms with Crippen molar-refractivity contribution in [1.29, 1.82) is 0 Å². The third kappa shape index (κ3) is 3.71. The minimum absolute atomic E-state index is 0.109. The standard InChI is InChI=1S/C15H13NO3/c1-2-18-15(17)5-3-4-12-6-8-13(9-7-12)14-10-11-16-19-14/h6-11H,2,5H2,1H3. The Morgan fingerprint density at radius 3 is 2.74 bits per heavy atom. The quantitative estimate of drug-likeness (QED) is 0.625. The summed E-state index contributed by atoms with van der Waals surface area (Å²) in [6.45, 7) is 2.15. The Bertz CT molecular complexity index is 589. The van der Waals surface area contributed by atoms with Gasteiger partial charge in [-0.2, -0.15) is 0 Å². The van der Waals surface area contributed by atoms with Crippen molar-refractivity contribution in [3.63, 3.8) is 0 Å². The lowest BCUT2D eigenvalue weighted by Crippen LogP contribution is -2.01. The van der Waals surface area contributed by atoms with Crippen LogP contribution in [0.5, 0.6) is 0 Å². The Morgan fingerprint density at radius 2 is 2.11 bits per heavy atom. The lowest BCUT2D eigenvalue weighted by Gasteiger charge is -1.96. The summed E-state index contributed by atoms with van der Waals surface area (Å²) in [6.07, 6.45) is 1.71. The molecule has 0 radical (unpaired) electrons. The molecule has 2 aromatic rings. The fraction of sp³-hybridized carbons (Fsp3) is 0.200. The topological polar surface area (TPSA) is 52.3 Å². The van der Waals surface area contributed by atoms with E-state index < -0.39 is 0 Å². The second-order valence-corrected chi connectivity index (χ2v) is 3.74. The Balaban J connectivity index is 2.00. The molecule has 0 aliphatic heterocycles. The first-order chi connectivity index (χ1) is 9.29. The van der Waals surface area contributed by atoms with E-state index in [1.807, 2.05) is 24.3 Å². The summed E-state index contributed by atoms with van der Waals surface area (Å²) in [4.78, 5) is 11.1. The molecule has 0 aliphatic rings. The molecular formula is C15H13NO3. The number of hydrogen-bond donors (Lipinski definition) is 0. The number of aromatic nitrogens is 1. The Morgan fingerprint density at radius 1 is 1.32 bits per heavy atom. The first-order valence-electron chi connectivity index (χ1n) is 5.95. The summed E-state index contributed by atoms with van der Waals surface area (Å²) in [5, 5.41) is 3.65. The molecule has 4 nitrogen and oxygen atoms in total. The highest BCUT2D eigenvalue weighted by molar-refractivity contribution is 5.72. The largest absolute Gasteiger partial charge is 0.465 e. The van der Waals surface area contributed by atoms with Gasteiger partial charge in [0.05, 0.1) is 12.8 Å². The summed E-state index contributed by atoms with van der Waals surface area (Å²) in [5.41, 5.74) is 1.78. The molecule has 0 fully saturated rings. The van der Waals surface area contributed by atoms with Crippen molar-refractivity contribution in [2.45, 2.75) is 13.3 Å². The molecule has 1 aromatic carbocycles. The fourth-order valence-corrected chi connectivity index (χ4v) is 1.51. The van der Waals surface area contributed by atoms with Crippen LogP contribution in [0.15, 0.2) is 41.1 Å². The van der Waals surface area contributed by atoms with E-state index in [1.165, 1.54) is 0 Å². The predicted molar refractivity (Wildman–Crippen MR) is 70.1 cm³/mol. The van der Waals surface area contributed by atoms with E-state index in [-0.39, 0.29) is 12.4 Å². The van der Waals surface area contributed by atoms with Crippen LogP contribution in [0.2, 0.25) is 0 Å². The van der Waals surface area contributed by atoms with Gasteiger partial charge in [-0.3, -0.25) is 4.79 Å². The normalized spacial score (nSPS) is 9.53. The van der Waals surface area contributed by atoms with Gasteiger partial charge in [-0.15, -0.1) is 0 Å².